The Balaban J connectivity index is 2.51. The number of benzene rings is 2. The van der Waals surface area contributed by atoms with Gasteiger partial charge in [-0.1, -0.05) is 42.5 Å². The largest absolute Gasteiger partial charge is 0.507 e. The van der Waals surface area contributed by atoms with Crippen LogP contribution in [0.3, 0.4) is 0 Å². The molecule has 0 radical (unpaired) electrons. The van der Waals surface area contributed by atoms with E-state index in [0.29, 0.717) is 5.56 Å². The topological polar surface area (TPSA) is 49.8 Å². The number of rotatable bonds is 3. The minimum absolute atomic E-state index is 0.0896. The molecule has 0 bridgehead atoms. The molecule has 0 spiro atoms. The van der Waals surface area contributed by atoms with Crippen LogP contribution >= 0.6 is 0 Å². The maximum absolute atomic E-state index is 12.0. The molecular formula is C15H15NO3. The van der Waals surface area contributed by atoms with Crippen molar-refractivity contribution in [1.82, 2.24) is 5.06 Å². The van der Waals surface area contributed by atoms with Gasteiger partial charge in [0.1, 0.15) is 11.3 Å². The second-order valence-corrected chi connectivity index (χ2v) is 4.26. The molecule has 0 unspecified atom stereocenters. The van der Waals surface area contributed by atoms with E-state index in [4.69, 9.17) is 4.84 Å². The highest BCUT2D eigenvalue weighted by molar-refractivity contribution is 5.99. The Hall–Kier alpha value is -2.33. The van der Waals surface area contributed by atoms with Crippen LogP contribution in [-0.4, -0.2) is 30.2 Å². The molecule has 2 aromatic rings. The molecule has 4 heteroatoms. The highest BCUT2D eigenvalue weighted by Gasteiger charge is 2.19. The van der Waals surface area contributed by atoms with Crippen molar-refractivity contribution in [1.29, 1.82) is 0 Å². The molecule has 1 N–H and O–H groups in total. The Morgan fingerprint density at radius 1 is 1.05 bits per heavy atom. The molecule has 0 atom stereocenters. The third-order valence-electron chi connectivity index (χ3n) is 2.60. The Morgan fingerprint density at radius 3 is 2.37 bits per heavy atom. The number of carbonyl (C=O) groups is 1. The maximum Gasteiger partial charge on any atom is 0.361 e. The van der Waals surface area contributed by atoms with Crippen LogP contribution in [0.1, 0.15) is 10.4 Å². The van der Waals surface area contributed by atoms with Gasteiger partial charge in [0.25, 0.3) is 0 Å². The van der Waals surface area contributed by atoms with Crippen LogP contribution in [-0.2, 0) is 4.84 Å². The van der Waals surface area contributed by atoms with Gasteiger partial charge in [0.2, 0.25) is 0 Å². The first-order valence-electron chi connectivity index (χ1n) is 5.86. The van der Waals surface area contributed by atoms with Crippen LogP contribution in [0.2, 0.25) is 0 Å². The number of hydrogen-bond donors (Lipinski definition) is 1. The third-order valence-corrected chi connectivity index (χ3v) is 2.60. The zero-order chi connectivity index (χ0) is 13.8. The fraction of sp³-hybridized carbons (Fsp3) is 0.133. The minimum atomic E-state index is -0.582. The molecule has 19 heavy (non-hydrogen) atoms. The molecule has 98 valence electrons. The molecule has 0 aliphatic heterocycles. The van der Waals surface area contributed by atoms with Gasteiger partial charge in [-0.25, -0.2) is 4.79 Å². The van der Waals surface area contributed by atoms with E-state index < -0.39 is 5.97 Å². The van der Waals surface area contributed by atoms with Gasteiger partial charge in [-0.3, -0.25) is 0 Å². The molecule has 0 amide bonds. The SMILES string of the molecule is CN(C)OC(=O)c1c(O)cccc1-c1ccccc1. The van der Waals surface area contributed by atoms with Crippen LogP contribution in [0, 0.1) is 0 Å². The summed E-state index contributed by atoms with van der Waals surface area (Å²) in [6, 6.07) is 14.3. The van der Waals surface area contributed by atoms with Gasteiger partial charge in [-0.05, 0) is 11.6 Å². The zero-order valence-electron chi connectivity index (χ0n) is 10.8. The Labute approximate surface area is 111 Å². The van der Waals surface area contributed by atoms with Crippen molar-refractivity contribution in [2.45, 2.75) is 0 Å². The number of aromatic hydroxyl groups is 1. The number of hydroxylamine groups is 2. The fourth-order valence-electron chi connectivity index (χ4n) is 1.82. The van der Waals surface area contributed by atoms with Crippen molar-refractivity contribution in [2.75, 3.05) is 14.1 Å². The quantitative estimate of drug-likeness (QED) is 0.859. The van der Waals surface area contributed by atoms with Crippen molar-refractivity contribution >= 4 is 5.97 Å². The summed E-state index contributed by atoms with van der Waals surface area (Å²) in [7, 11) is 3.22. The molecule has 4 nitrogen and oxygen atoms in total. The highest BCUT2D eigenvalue weighted by atomic mass is 16.7. The van der Waals surface area contributed by atoms with E-state index in [-0.39, 0.29) is 11.3 Å². The highest BCUT2D eigenvalue weighted by Crippen LogP contribution is 2.30. The molecule has 0 heterocycles. The van der Waals surface area contributed by atoms with E-state index >= 15 is 0 Å². The lowest BCUT2D eigenvalue weighted by atomic mass is 9.99. The number of carbonyl (C=O) groups excluding carboxylic acids is 1. The van der Waals surface area contributed by atoms with Gasteiger partial charge in [0.15, 0.2) is 0 Å². The van der Waals surface area contributed by atoms with E-state index in [9.17, 15) is 9.90 Å². The summed E-state index contributed by atoms with van der Waals surface area (Å²) in [4.78, 5) is 17.1. The van der Waals surface area contributed by atoms with Crippen molar-refractivity contribution in [3.8, 4) is 16.9 Å². The standard InChI is InChI=1S/C15H15NO3/c1-16(2)19-15(18)14-12(9-6-10-13(14)17)11-7-4-3-5-8-11/h3-10,17H,1-2H3. The molecule has 0 aliphatic carbocycles. The average molecular weight is 257 g/mol. The smallest absolute Gasteiger partial charge is 0.361 e. The number of nitrogens with zero attached hydrogens (tertiary/aromatic N) is 1. The van der Waals surface area contributed by atoms with Gasteiger partial charge in [-0.2, -0.15) is 0 Å². The van der Waals surface area contributed by atoms with Crippen LogP contribution < -0.4 is 0 Å². The lowest BCUT2D eigenvalue weighted by Crippen LogP contribution is -2.19. The van der Waals surface area contributed by atoms with Crippen molar-refractivity contribution in [3.63, 3.8) is 0 Å². The predicted octanol–water partition coefficient (Wildman–Crippen LogP) is 2.69. The minimum Gasteiger partial charge on any atom is -0.507 e. The summed E-state index contributed by atoms with van der Waals surface area (Å²) < 4.78 is 0. The lowest BCUT2D eigenvalue weighted by Gasteiger charge is -2.14. The van der Waals surface area contributed by atoms with Crippen LogP contribution in [0.15, 0.2) is 48.5 Å². The first-order chi connectivity index (χ1) is 9.09. The molecular weight excluding hydrogens is 242 g/mol. The lowest BCUT2D eigenvalue weighted by molar-refractivity contribution is -0.0714. The van der Waals surface area contributed by atoms with Crippen molar-refractivity contribution < 1.29 is 14.7 Å². The average Bonchev–Trinajstić information content (AvgIpc) is 2.38. The summed E-state index contributed by atoms with van der Waals surface area (Å²) in [5, 5.41) is 11.2. The first kappa shape index (κ1) is 13.1. The van der Waals surface area contributed by atoms with Crippen LogP contribution in [0.5, 0.6) is 5.75 Å². The first-order valence-corrected chi connectivity index (χ1v) is 5.86. The van der Waals surface area contributed by atoms with Gasteiger partial charge >= 0.3 is 5.97 Å². The number of phenols is 1. The summed E-state index contributed by atoms with van der Waals surface area (Å²) in [5.41, 5.74) is 1.67. The molecule has 0 saturated heterocycles. The van der Waals surface area contributed by atoms with Gasteiger partial charge in [0.05, 0.1) is 0 Å². The van der Waals surface area contributed by atoms with Crippen molar-refractivity contribution in [3.05, 3.63) is 54.1 Å². The maximum atomic E-state index is 12.0. The Morgan fingerprint density at radius 2 is 1.74 bits per heavy atom. The van der Waals surface area contributed by atoms with E-state index in [2.05, 4.69) is 0 Å². The Kier molecular flexibility index (Phi) is 3.82. The molecule has 2 rings (SSSR count). The van der Waals surface area contributed by atoms with E-state index in [0.717, 1.165) is 5.56 Å². The number of phenolic OH excluding ortho intramolecular Hbond substituents is 1. The number of hydrogen-bond acceptors (Lipinski definition) is 4. The van der Waals surface area contributed by atoms with Gasteiger partial charge < -0.3 is 9.94 Å². The molecule has 2 aromatic carbocycles. The second kappa shape index (κ2) is 5.54. The molecule has 0 fully saturated rings. The van der Waals surface area contributed by atoms with E-state index in [1.807, 2.05) is 30.3 Å². The fourth-order valence-corrected chi connectivity index (χ4v) is 1.82. The normalized spacial score (nSPS) is 10.5. The van der Waals surface area contributed by atoms with Gasteiger partial charge in [-0.15, -0.1) is 5.06 Å². The van der Waals surface area contributed by atoms with Gasteiger partial charge in [0, 0.05) is 19.7 Å². The van der Waals surface area contributed by atoms with E-state index in [1.165, 1.54) is 11.1 Å². The van der Waals surface area contributed by atoms with E-state index in [1.54, 1.807) is 26.2 Å². The zero-order valence-corrected chi connectivity index (χ0v) is 10.8. The molecule has 0 aliphatic rings. The monoisotopic (exact) mass is 257 g/mol. The molecule has 0 aromatic heterocycles. The summed E-state index contributed by atoms with van der Waals surface area (Å²) >= 11 is 0. The Bertz CT molecular complexity index is 579. The van der Waals surface area contributed by atoms with Crippen LogP contribution in [0.25, 0.3) is 11.1 Å². The molecule has 0 saturated carbocycles. The van der Waals surface area contributed by atoms with Crippen LogP contribution in [0.4, 0.5) is 0 Å². The predicted molar refractivity (Wildman–Crippen MR) is 72.6 cm³/mol. The second-order valence-electron chi connectivity index (χ2n) is 4.26. The third kappa shape index (κ3) is 2.92. The summed E-state index contributed by atoms with van der Waals surface area (Å²) in [6.45, 7) is 0. The summed E-state index contributed by atoms with van der Waals surface area (Å²) in [6.07, 6.45) is 0. The summed E-state index contributed by atoms with van der Waals surface area (Å²) in [5.74, 6) is -0.671. The van der Waals surface area contributed by atoms with Crippen molar-refractivity contribution in [2.24, 2.45) is 0 Å².